The SMILES string of the molecule is CON=CC(C)CC(COCc1ccccc1)OS(C)(=O)=O. The predicted octanol–water partition coefficient (Wildman–Crippen LogP) is 2.21. The van der Waals surface area contributed by atoms with Crippen LogP contribution in [0.3, 0.4) is 0 Å². The Hall–Kier alpha value is -1.44. The average molecular weight is 329 g/mol. The molecule has 7 heteroatoms. The van der Waals surface area contributed by atoms with Crippen molar-refractivity contribution in [3.63, 3.8) is 0 Å². The Morgan fingerprint density at radius 2 is 1.95 bits per heavy atom. The number of hydrogen-bond acceptors (Lipinski definition) is 6. The zero-order valence-electron chi connectivity index (χ0n) is 13.1. The second kappa shape index (κ2) is 9.55. The molecule has 124 valence electrons. The number of oxime groups is 1. The van der Waals surface area contributed by atoms with E-state index >= 15 is 0 Å². The van der Waals surface area contributed by atoms with E-state index in [1.807, 2.05) is 37.3 Å². The lowest BCUT2D eigenvalue weighted by Gasteiger charge is -2.18. The summed E-state index contributed by atoms with van der Waals surface area (Å²) in [6.07, 6.45) is 2.55. The van der Waals surface area contributed by atoms with Crippen molar-refractivity contribution in [2.24, 2.45) is 11.1 Å². The van der Waals surface area contributed by atoms with E-state index in [2.05, 4.69) is 9.99 Å². The van der Waals surface area contributed by atoms with Gasteiger partial charge in [0, 0.05) is 6.21 Å². The van der Waals surface area contributed by atoms with Crippen molar-refractivity contribution in [2.75, 3.05) is 20.0 Å². The third-order valence-corrected chi connectivity index (χ3v) is 3.40. The Bertz CT molecular complexity index is 544. The molecule has 2 unspecified atom stereocenters. The molecule has 0 radical (unpaired) electrons. The van der Waals surface area contributed by atoms with Crippen LogP contribution in [0.5, 0.6) is 0 Å². The lowest BCUT2D eigenvalue weighted by molar-refractivity contribution is 0.0378. The predicted molar refractivity (Wildman–Crippen MR) is 85.1 cm³/mol. The van der Waals surface area contributed by atoms with Gasteiger partial charge in [-0.1, -0.05) is 42.4 Å². The van der Waals surface area contributed by atoms with Crippen LogP contribution in [0.4, 0.5) is 0 Å². The maximum Gasteiger partial charge on any atom is 0.264 e. The minimum Gasteiger partial charge on any atom is -0.399 e. The molecule has 0 saturated carbocycles. The maximum atomic E-state index is 11.3. The van der Waals surface area contributed by atoms with Crippen molar-refractivity contribution in [3.8, 4) is 0 Å². The lowest BCUT2D eigenvalue weighted by atomic mass is 10.1. The molecule has 0 aliphatic carbocycles. The monoisotopic (exact) mass is 329 g/mol. The highest BCUT2D eigenvalue weighted by Gasteiger charge is 2.18. The third-order valence-electron chi connectivity index (χ3n) is 2.78. The molecule has 0 saturated heterocycles. The smallest absolute Gasteiger partial charge is 0.264 e. The molecule has 0 spiro atoms. The molecule has 22 heavy (non-hydrogen) atoms. The van der Waals surface area contributed by atoms with Crippen LogP contribution in [0, 0.1) is 5.92 Å². The summed E-state index contributed by atoms with van der Waals surface area (Å²) >= 11 is 0. The van der Waals surface area contributed by atoms with Gasteiger partial charge >= 0.3 is 0 Å². The van der Waals surface area contributed by atoms with Crippen LogP contribution in [-0.4, -0.2) is 40.7 Å². The number of nitrogens with zero attached hydrogens (tertiary/aromatic N) is 1. The van der Waals surface area contributed by atoms with Crippen LogP contribution in [0.25, 0.3) is 0 Å². The molecule has 0 aliphatic rings. The first-order valence-electron chi connectivity index (χ1n) is 6.97. The normalized spacial score (nSPS) is 14.9. The Labute approximate surface area is 132 Å². The van der Waals surface area contributed by atoms with Gasteiger partial charge in [-0.15, -0.1) is 0 Å². The fraction of sp³-hybridized carbons (Fsp3) is 0.533. The number of benzene rings is 1. The molecule has 1 aromatic carbocycles. The van der Waals surface area contributed by atoms with Gasteiger partial charge in [-0.2, -0.15) is 8.42 Å². The topological polar surface area (TPSA) is 74.2 Å². The molecule has 6 nitrogen and oxygen atoms in total. The highest BCUT2D eigenvalue weighted by molar-refractivity contribution is 7.86. The first-order valence-corrected chi connectivity index (χ1v) is 8.79. The van der Waals surface area contributed by atoms with E-state index in [0.717, 1.165) is 11.8 Å². The molecule has 0 aliphatic heterocycles. The molecule has 1 rings (SSSR count). The molecular formula is C15H23NO5S. The maximum absolute atomic E-state index is 11.3. The number of ether oxygens (including phenoxy) is 1. The Morgan fingerprint density at radius 3 is 2.55 bits per heavy atom. The van der Waals surface area contributed by atoms with Crippen LogP contribution in [0.15, 0.2) is 35.5 Å². The Morgan fingerprint density at radius 1 is 1.27 bits per heavy atom. The Balaban J connectivity index is 2.52. The molecule has 0 amide bonds. The molecule has 0 heterocycles. The van der Waals surface area contributed by atoms with E-state index in [9.17, 15) is 8.42 Å². The largest absolute Gasteiger partial charge is 0.399 e. The zero-order valence-corrected chi connectivity index (χ0v) is 14.0. The highest BCUT2D eigenvalue weighted by atomic mass is 32.2. The summed E-state index contributed by atoms with van der Waals surface area (Å²) in [6, 6.07) is 9.66. The van der Waals surface area contributed by atoms with Crippen molar-refractivity contribution >= 4 is 16.3 Å². The van der Waals surface area contributed by atoms with Crippen LogP contribution in [0.2, 0.25) is 0 Å². The van der Waals surface area contributed by atoms with Gasteiger partial charge in [0.2, 0.25) is 0 Å². The molecule has 1 aromatic rings. The Kier molecular flexibility index (Phi) is 8.08. The van der Waals surface area contributed by atoms with Gasteiger partial charge < -0.3 is 9.57 Å². The quantitative estimate of drug-likeness (QED) is 0.374. The van der Waals surface area contributed by atoms with Crippen molar-refractivity contribution in [1.29, 1.82) is 0 Å². The third kappa shape index (κ3) is 8.76. The zero-order chi connectivity index (χ0) is 16.4. The first kappa shape index (κ1) is 18.6. The summed E-state index contributed by atoms with van der Waals surface area (Å²) in [5, 5.41) is 3.68. The van der Waals surface area contributed by atoms with Crippen LogP contribution in [-0.2, 0) is 30.5 Å². The van der Waals surface area contributed by atoms with E-state index < -0.39 is 16.2 Å². The number of hydrogen-bond donors (Lipinski definition) is 0. The highest BCUT2D eigenvalue weighted by Crippen LogP contribution is 2.12. The van der Waals surface area contributed by atoms with Gasteiger partial charge in [0.05, 0.1) is 19.5 Å². The second-order valence-corrected chi connectivity index (χ2v) is 6.67. The minimum atomic E-state index is -3.54. The van der Waals surface area contributed by atoms with Crippen molar-refractivity contribution in [3.05, 3.63) is 35.9 Å². The summed E-state index contributed by atoms with van der Waals surface area (Å²) in [6.45, 7) is 2.50. The van der Waals surface area contributed by atoms with Crippen LogP contribution in [0.1, 0.15) is 18.9 Å². The van der Waals surface area contributed by atoms with Gasteiger partial charge in [0.25, 0.3) is 10.1 Å². The van der Waals surface area contributed by atoms with Crippen LogP contribution < -0.4 is 0 Å². The van der Waals surface area contributed by atoms with Gasteiger partial charge in [0.15, 0.2) is 0 Å². The molecule has 0 bridgehead atoms. The summed E-state index contributed by atoms with van der Waals surface area (Å²) in [5.41, 5.74) is 1.02. The molecule has 0 N–H and O–H groups in total. The van der Waals surface area contributed by atoms with Gasteiger partial charge in [-0.05, 0) is 17.9 Å². The van der Waals surface area contributed by atoms with E-state index in [1.54, 1.807) is 6.21 Å². The second-order valence-electron chi connectivity index (χ2n) is 5.07. The fourth-order valence-electron chi connectivity index (χ4n) is 1.91. The standard InChI is InChI=1S/C15H23NO5S/c1-13(10-16-19-2)9-15(21-22(3,17)18)12-20-11-14-7-5-4-6-8-14/h4-8,10,13,15H,9,11-12H2,1-3H3. The molecule has 2 atom stereocenters. The van der Waals surface area contributed by atoms with E-state index in [0.29, 0.717) is 13.0 Å². The van der Waals surface area contributed by atoms with Crippen molar-refractivity contribution in [2.45, 2.75) is 26.1 Å². The van der Waals surface area contributed by atoms with Crippen LogP contribution >= 0.6 is 0 Å². The van der Waals surface area contributed by atoms with Gasteiger partial charge in [-0.3, -0.25) is 4.18 Å². The summed E-state index contributed by atoms with van der Waals surface area (Å²) < 4.78 is 33.3. The molecule has 0 fully saturated rings. The average Bonchev–Trinajstić information content (AvgIpc) is 2.44. The molecule has 0 aromatic heterocycles. The van der Waals surface area contributed by atoms with Crippen molar-refractivity contribution in [1.82, 2.24) is 0 Å². The van der Waals surface area contributed by atoms with Crippen molar-refractivity contribution < 1.29 is 22.2 Å². The fourth-order valence-corrected chi connectivity index (χ4v) is 2.53. The molecular weight excluding hydrogens is 306 g/mol. The number of rotatable bonds is 10. The summed E-state index contributed by atoms with van der Waals surface area (Å²) in [7, 11) is -2.09. The van der Waals surface area contributed by atoms with E-state index in [1.165, 1.54) is 7.11 Å². The van der Waals surface area contributed by atoms with Gasteiger partial charge in [0.1, 0.15) is 13.2 Å². The van der Waals surface area contributed by atoms with E-state index in [4.69, 9.17) is 8.92 Å². The summed E-state index contributed by atoms with van der Waals surface area (Å²) in [4.78, 5) is 4.61. The van der Waals surface area contributed by atoms with Gasteiger partial charge in [-0.25, -0.2) is 0 Å². The minimum absolute atomic E-state index is 0.00650. The van der Waals surface area contributed by atoms with E-state index in [-0.39, 0.29) is 12.5 Å². The first-order chi connectivity index (χ1) is 10.4. The summed E-state index contributed by atoms with van der Waals surface area (Å²) in [5.74, 6) is 0.00650. The lowest BCUT2D eigenvalue weighted by Crippen LogP contribution is -2.25.